The van der Waals surface area contributed by atoms with Crippen molar-refractivity contribution in [2.24, 2.45) is 5.73 Å². The van der Waals surface area contributed by atoms with E-state index >= 15 is 0 Å². The lowest BCUT2D eigenvalue weighted by molar-refractivity contribution is -0.122. The van der Waals surface area contributed by atoms with Crippen LogP contribution >= 0.6 is 0 Å². The lowest BCUT2D eigenvalue weighted by Crippen LogP contribution is -2.39. The fourth-order valence-corrected chi connectivity index (χ4v) is 3.59. The molecule has 1 aromatic heterocycles. The van der Waals surface area contributed by atoms with Crippen LogP contribution in [0.5, 0.6) is 0 Å². The predicted octanol–water partition coefficient (Wildman–Crippen LogP) is 1.97. The highest BCUT2D eigenvalue weighted by molar-refractivity contribution is 6.02. The van der Waals surface area contributed by atoms with E-state index in [4.69, 9.17) is 5.73 Å². The minimum atomic E-state index is -0.333. The predicted molar refractivity (Wildman–Crippen MR) is 108 cm³/mol. The van der Waals surface area contributed by atoms with E-state index in [9.17, 15) is 9.59 Å². The van der Waals surface area contributed by atoms with Gasteiger partial charge in [0.25, 0.3) is 5.91 Å². The van der Waals surface area contributed by atoms with E-state index in [0.717, 1.165) is 30.6 Å². The molecule has 0 spiro atoms. The minimum Gasteiger partial charge on any atom is -0.368 e. The van der Waals surface area contributed by atoms with Gasteiger partial charge in [0.15, 0.2) is 5.69 Å². The SMILES string of the molecule is NC(=O)C1CCCN1Cc1cccc(NC(=O)c2cn(-c3ccccc3)nn2)c1. The summed E-state index contributed by atoms with van der Waals surface area (Å²) in [5.74, 6) is -0.617. The van der Waals surface area contributed by atoms with Crippen LogP contribution in [0, 0.1) is 0 Å². The zero-order chi connectivity index (χ0) is 20.2. The van der Waals surface area contributed by atoms with Crippen LogP contribution in [0.4, 0.5) is 5.69 Å². The Kier molecular flexibility index (Phi) is 5.35. The van der Waals surface area contributed by atoms with Crippen LogP contribution in [-0.4, -0.2) is 44.3 Å². The largest absolute Gasteiger partial charge is 0.368 e. The molecule has 1 saturated heterocycles. The van der Waals surface area contributed by atoms with Gasteiger partial charge in [-0.2, -0.15) is 0 Å². The number of primary amides is 1. The highest BCUT2D eigenvalue weighted by Gasteiger charge is 2.28. The van der Waals surface area contributed by atoms with E-state index in [0.29, 0.717) is 12.2 Å². The number of hydrogen-bond acceptors (Lipinski definition) is 5. The maximum atomic E-state index is 12.6. The van der Waals surface area contributed by atoms with Gasteiger partial charge in [-0.25, -0.2) is 4.68 Å². The Morgan fingerprint density at radius 1 is 1.14 bits per heavy atom. The molecule has 2 amide bonds. The normalized spacial score (nSPS) is 16.6. The first kappa shape index (κ1) is 18.8. The molecular weight excluding hydrogens is 368 g/mol. The molecule has 2 aromatic carbocycles. The molecule has 0 saturated carbocycles. The van der Waals surface area contributed by atoms with Gasteiger partial charge in [-0.3, -0.25) is 14.5 Å². The molecular formula is C21H22N6O2. The molecule has 1 aliphatic heterocycles. The minimum absolute atomic E-state index is 0.221. The van der Waals surface area contributed by atoms with Crippen LogP contribution in [0.15, 0.2) is 60.8 Å². The van der Waals surface area contributed by atoms with E-state index in [1.165, 1.54) is 0 Å². The molecule has 1 aliphatic rings. The van der Waals surface area contributed by atoms with Crippen LogP contribution in [0.3, 0.4) is 0 Å². The van der Waals surface area contributed by atoms with Crippen molar-refractivity contribution in [2.75, 3.05) is 11.9 Å². The summed E-state index contributed by atoms with van der Waals surface area (Å²) in [5, 5.41) is 10.8. The molecule has 29 heavy (non-hydrogen) atoms. The quantitative estimate of drug-likeness (QED) is 0.669. The van der Waals surface area contributed by atoms with Crippen molar-refractivity contribution >= 4 is 17.5 Å². The summed E-state index contributed by atoms with van der Waals surface area (Å²) >= 11 is 0. The van der Waals surface area contributed by atoms with Gasteiger partial charge in [0, 0.05) is 12.2 Å². The summed E-state index contributed by atoms with van der Waals surface area (Å²) in [4.78, 5) is 26.2. The first-order valence-electron chi connectivity index (χ1n) is 9.51. The second-order valence-electron chi connectivity index (χ2n) is 7.07. The summed E-state index contributed by atoms with van der Waals surface area (Å²) in [7, 11) is 0. The van der Waals surface area contributed by atoms with Gasteiger partial charge >= 0.3 is 0 Å². The molecule has 0 aliphatic carbocycles. The maximum Gasteiger partial charge on any atom is 0.277 e. The second kappa shape index (κ2) is 8.24. The average Bonchev–Trinajstić information content (AvgIpc) is 3.39. The number of nitrogens with two attached hydrogens (primary N) is 1. The number of amides is 2. The lowest BCUT2D eigenvalue weighted by atomic mass is 10.1. The Morgan fingerprint density at radius 2 is 1.97 bits per heavy atom. The van der Waals surface area contributed by atoms with Crippen LogP contribution in [0.25, 0.3) is 5.69 Å². The molecule has 0 radical (unpaired) electrons. The number of rotatable bonds is 6. The summed E-state index contributed by atoms with van der Waals surface area (Å²) in [6.07, 6.45) is 3.35. The number of aromatic nitrogens is 3. The molecule has 8 nitrogen and oxygen atoms in total. The van der Waals surface area contributed by atoms with E-state index < -0.39 is 0 Å². The molecule has 3 N–H and O–H groups in total. The number of carbonyl (C=O) groups is 2. The molecule has 1 atom stereocenters. The standard InChI is InChI=1S/C21H22N6O2/c22-20(28)19-10-5-11-26(19)13-15-6-4-7-16(12-15)23-21(29)18-14-27(25-24-18)17-8-2-1-3-9-17/h1-4,6-9,12,14,19H,5,10-11,13H2,(H2,22,28)(H,23,29). The Labute approximate surface area is 168 Å². The number of anilines is 1. The molecule has 1 unspecified atom stereocenters. The number of nitrogens with zero attached hydrogens (tertiary/aromatic N) is 4. The van der Waals surface area contributed by atoms with E-state index in [-0.39, 0.29) is 23.6 Å². The van der Waals surface area contributed by atoms with Gasteiger partial charge in [0.05, 0.1) is 17.9 Å². The van der Waals surface area contributed by atoms with Crippen molar-refractivity contribution in [1.29, 1.82) is 0 Å². The number of likely N-dealkylation sites (tertiary alicyclic amines) is 1. The monoisotopic (exact) mass is 390 g/mol. The Hall–Kier alpha value is -3.52. The van der Waals surface area contributed by atoms with Crippen molar-refractivity contribution in [2.45, 2.75) is 25.4 Å². The maximum absolute atomic E-state index is 12.6. The molecule has 1 fully saturated rings. The van der Waals surface area contributed by atoms with Crippen molar-refractivity contribution in [1.82, 2.24) is 19.9 Å². The first-order chi connectivity index (χ1) is 14.1. The number of hydrogen-bond donors (Lipinski definition) is 2. The van der Waals surface area contributed by atoms with Crippen molar-refractivity contribution in [3.8, 4) is 5.69 Å². The zero-order valence-electron chi connectivity index (χ0n) is 15.9. The third kappa shape index (κ3) is 4.33. The third-order valence-electron chi connectivity index (χ3n) is 5.01. The van der Waals surface area contributed by atoms with E-state index in [1.807, 2.05) is 54.6 Å². The molecule has 4 rings (SSSR count). The fourth-order valence-electron chi connectivity index (χ4n) is 3.59. The van der Waals surface area contributed by atoms with Gasteiger partial charge in [0.2, 0.25) is 5.91 Å². The molecule has 3 aromatic rings. The zero-order valence-corrected chi connectivity index (χ0v) is 15.9. The fraction of sp³-hybridized carbons (Fsp3) is 0.238. The lowest BCUT2D eigenvalue weighted by Gasteiger charge is -2.22. The highest BCUT2D eigenvalue weighted by atomic mass is 16.2. The second-order valence-corrected chi connectivity index (χ2v) is 7.07. The molecule has 8 heteroatoms. The van der Waals surface area contributed by atoms with Crippen molar-refractivity contribution < 1.29 is 9.59 Å². The van der Waals surface area contributed by atoms with Crippen LogP contribution in [0.2, 0.25) is 0 Å². The van der Waals surface area contributed by atoms with E-state index in [1.54, 1.807) is 10.9 Å². The number of para-hydroxylation sites is 1. The van der Waals surface area contributed by atoms with Crippen molar-refractivity contribution in [3.05, 3.63) is 72.1 Å². The Bertz CT molecular complexity index is 1020. The molecule has 0 bridgehead atoms. The summed E-state index contributed by atoms with van der Waals surface area (Å²) < 4.78 is 1.56. The Balaban J connectivity index is 1.43. The topological polar surface area (TPSA) is 106 Å². The average molecular weight is 390 g/mol. The first-order valence-corrected chi connectivity index (χ1v) is 9.51. The van der Waals surface area contributed by atoms with Crippen LogP contribution < -0.4 is 11.1 Å². The summed E-state index contributed by atoms with van der Waals surface area (Å²) in [5.41, 5.74) is 8.22. The van der Waals surface area contributed by atoms with Crippen LogP contribution in [0.1, 0.15) is 28.9 Å². The Morgan fingerprint density at radius 3 is 2.76 bits per heavy atom. The third-order valence-corrected chi connectivity index (χ3v) is 5.01. The van der Waals surface area contributed by atoms with Gasteiger partial charge in [-0.1, -0.05) is 35.5 Å². The number of nitrogens with one attached hydrogen (secondary N) is 1. The summed E-state index contributed by atoms with van der Waals surface area (Å²) in [6, 6.07) is 16.8. The van der Waals surface area contributed by atoms with Crippen molar-refractivity contribution in [3.63, 3.8) is 0 Å². The number of benzene rings is 2. The molecule has 2 heterocycles. The van der Waals surface area contributed by atoms with Gasteiger partial charge in [-0.15, -0.1) is 5.10 Å². The number of carbonyl (C=O) groups excluding carboxylic acids is 2. The van der Waals surface area contributed by atoms with Crippen LogP contribution in [-0.2, 0) is 11.3 Å². The highest BCUT2D eigenvalue weighted by Crippen LogP contribution is 2.21. The summed E-state index contributed by atoms with van der Waals surface area (Å²) in [6.45, 7) is 1.45. The smallest absolute Gasteiger partial charge is 0.277 e. The molecule has 148 valence electrons. The van der Waals surface area contributed by atoms with Gasteiger partial charge in [-0.05, 0) is 49.2 Å². The van der Waals surface area contributed by atoms with E-state index in [2.05, 4.69) is 20.5 Å². The van der Waals surface area contributed by atoms with Gasteiger partial charge < -0.3 is 11.1 Å². The van der Waals surface area contributed by atoms with Gasteiger partial charge in [0.1, 0.15) is 0 Å².